The van der Waals surface area contributed by atoms with E-state index in [1.54, 1.807) is 44.2 Å². The standard InChI is InChI=1S/C34H33NO7S/c1-22(2)41-32(36)20-30(23-11-10-12-24(19-23)42-43(38,39)25-13-4-3-5-14-25)33(35)34(37)40-21-31-28-17-8-6-15-26(28)27-16-7-9-18-29(27)31/h3-19,22,30-31,33H,20-21,35H2,1-2H3. The second kappa shape index (κ2) is 12.8. The van der Waals surface area contributed by atoms with Crippen molar-refractivity contribution in [1.29, 1.82) is 0 Å². The summed E-state index contributed by atoms with van der Waals surface area (Å²) in [4.78, 5) is 26.2. The maximum absolute atomic E-state index is 13.4. The van der Waals surface area contributed by atoms with Gasteiger partial charge in [0.1, 0.15) is 23.3 Å². The molecule has 0 heterocycles. The van der Waals surface area contributed by atoms with Gasteiger partial charge in [-0.25, -0.2) is 0 Å². The van der Waals surface area contributed by atoms with Crippen molar-refractivity contribution in [3.8, 4) is 16.9 Å². The lowest BCUT2D eigenvalue weighted by Gasteiger charge is -2.24. The maximum atomic E-state index is 13.4. The lowest BCUT2D eigenvalue weighted by atomic mass is 9.88. The van der Waals surface area contributed by atoms with Crippen molar-refractivity contribution in [2.75, 3.05) is 6.61 Å². The molecule has 0 saturated heterocycles. The molecule has 1 aliphatic rings. The highest BCUT2D eigenvalue weighted by Gasteiger charge is 2.34. The molecule has 5 rings (SSSR count). The van der Waals surface area contributed by atoms with Crippen molar-refractivity contribution < 1.29 is 31.7 Å². The third kappa shape index (κ3) is 6.79. The molecule has 0 aliphatic heterocycles. The van der Waals surface area contributed by atoms with Gasteiger partial charge in [-0.15, -0.1) is 0 Å². The Balaban J connectivity index is 1.37. The molecule has 0 radical (unpaired) electrons. The van der Waals surface area contributed by atoms with Crippen LogP contribution in [0.4, 0.5) is 0 Å². The molecule has 4 aromatic carbocycles. The van der Waals surface area contributed by atoms with E-state index in [1.807, 2.05) is 48.5 Å². The van der Waals surface area contributed by atoms with Gasteiger partial charge in [0.2, 0.25) is 0 Å². The second-order valence-corrected chi connectivity index (χ2v) is 12.2. The molecule has 2 unspecified atom stereocenters. The zero-order chi connectivity index (χ0) is 30.6. The molecule has 0 bridgehead atoms. The molecule has 0 saturated carbocycles. The van der Waals surface area contributed by atoms with E-state index >= 15 is 0 Å². The van der Waals surface area contributed by atoms with Crippen LogP contribution in [0.3, 0.4) is 0 Å². The number of rotatable bonds is 11. The average Bonchev–Trinajstić information content (AvgIpc) is 3.32. The SMILES string of the molecule is CC(C)OC(=O)CC(c1cccc(OS(=O)(=O)c2ccccc2)c1)C(N)C(=O)OCC1c2ccccc2-c2ccccc21. The van der Waals surface area contributed by atoms with E-state index < -0.39 is 34.0 Å². The summed E-state index contributed by atoms with van der Waals surface area (Å²) < 4.78 is 42.1. The Kier molecular flexibility index (Phi) is 8.94. The Morgan fingerprint density at radius 1 is 0.814 bits per heavy atom. The van der Waals surface area contributed by atoms with Crippen LogP contribution in [0.25, 0.3) is 11.1 Å². The summed E-state index contributed by atoms with van der Waals surface area (Å²) in [5.74, 6) is -2.25. The number of hydrogen-bond acceptors (Lipinski definition) is 8. The number of ether oxygens (including phenoxy) is 2. The van der Waals surface area contributed by atoms with Crippen LogP contribution in [0, 0.1) is 0 Å². The molecule has 0 fully saturated rings. The average molecular weight is 600 g/mol. The fourth-order valence-corrected chi connectivity index (χ4v) is 6.31. The second-order valence-electron chi connectivity index (χ2n) is 10.7. The minimum absolute atomic E-state index is 0.00666. The van der Waals surface area contributed by atoms with Crippen molar-refractivity contribution in [1.82, 2.24) is 0 Å². The summed E-state index contributed by atoms with van der Waals surface area (Å²) in [6.07, 6.45) is -0.595. The fraction of sp³-hybridized carbons (Fsp3) is 0.235. The molecule has 8 nitrogen and oxygen atoms in total. The number of carbonyl (C=O) groups excluding carboxylic acids is 2. The minimum Gasteiger partial charge on any atom is -0.464 e. The van der Waals surface area contributed by atoms with Crippen LogP contribution in [0.1, 0.15) is 48.8 Å². The zero-order valence-electron chi connectivity index (χ0n) is 23.9. The van der Waals surface area contributed by atoms with E-state index in [-0.39, 0.29) is 35.7 Å². The predicted octanol–water partition coefficient (Wildman–Crippen LogP) is 5.56. The van der Waals surface area contributed by atoms with E-state index in [4.69, 9.17) is 19.4 Å². The topological polar surface area (TPSA) is 122 Å². The molecule has 0 amide bonds. The van der Waals surface area contributed by atoms with Gasteiger partial charge in [-0.1, -0.05) is 78.9 Å². The lowest BCUT2D eigenvalue weighted by molar-refractivity contribution is -0.149. The predicted molar refractivity (Wildman–Crippen MR) is 162 cm³/mol. The fourth-order valence-electron chi connectivity index (χ4n) is 5.37. The van der Waals surface area contributed by atoms with E-state index in [2.05, 4.69) is 0 Å². The molecular formula is C34H33NO7S. The van der Waals surface area contributed by atoms with Gasteiger partial charge >= 0.3 is 22.1 Å². The van der Waals surface area contributed by atoms with Crippen LogP contribution in [0.5, 0.6) is 5.75 Å². The van der Waals surface area contributed by atoms with E-state index in [9.17, 15) is 18.0 Å². The summed E-state index contributed by atoms with van der Waals surface area (Å²) >= 11 is 0. The molecule has 9 heteroatoms. The van der Waals surface area contributed by atoms with Crippen LogP contribution >= 0.6 is 0 Å². The Morgan fingerprint density at radius 3 is 2.05 bits per heavy atom. The van der Waals surface area contributed by atoms with Gasteiger partial charge in [0, 0.05) is 11.8 Å². The number of fused-ring (bicyclic) bond motifs is 3. The highest BCUT2D eigenvalue weighted by molar-refractivity contribution is 7.87. The quantitative estimate of drug-likeness (QED) is 0.176. The lowest BCUT2D eigenvalue weighted by Crippen LogP contribution is -2.40. The first kappa shape index (κ1) is 30.0. The highest BCUT2D eigenvalue weighted by atomic mass is 32.2. The van der Waals surface area contributed by atoms with E-state index in [0.29, 0.717) is 5.56 Å². The van der Waals surface area contributed by atoms with Crippen LogP contribution in [0.2, 0.25) is 0 Å². The summed E-state index contributed by atoms with van der Waals surface area (Å²) in [6, 6.07) is 28.7. The van der Waals surface area contributed by atoms with Crippen molar-refractivity contribution in [2.24, 2.45) is 5.73 Å². The normalized spacial score (nSPS) is 14.0. The van der Waals surface area contributed by atoms with Gasteiger partial charge in [-0.05, 0) is 65.9 Å². The van der Waals surface area contributed by atoms with Gasteiger partial charge in [0.05, 0.1) is 12.5 Å². The molecule has 0 spiro atoms. The molecule has 2 N–H and O–H groups in total. The number of nitrogens with two attached hydrogens (primary N) is 1. The van der Waals surface area contributed by atoms with Crippen molar-refractivity contribution in [3.63, 3.8) is 0 Å². The Morgan fingerprint density at radius 2 is 1.42 bits per heavy atom. The number of esters is 2. The third-order valence-electron chi connectivity index (χ3n) is 7.34. The van der Waals surface area contributed by atoms with Crippen LogP contribution < -0.4 is 9.92 Å². The van der Waals surface area contributed by atoms with Crippen LogP contribution in [-0.2, 0) is 29.2 Å². The van der Waals surface area contributed by atoms with E-state index in [1.165, 1.54) is 24.3 Å². The molecule has 222 valence electrons. The van der Waals surface area contributed by atoms with Crippen molar-refractivity contribution in [3.05, 3.63) is 120 Å². The first-order valence-corrected chi connectivity index (χ1v) is 15.4. The third-order valence-corrected chi connectivity index (χ3v) is 8.60. The Bertz CT molecular complexity index is 1670. The van der Waals surface area contributed by atoms with E-state index in [0.717, 1.165) is 22.3 Å². The number of carbonyl (C=O) groups is 2. The zero-order valence-corrected chi connectivity index (χ0v) is 24.7. The minimum atomic E-state index is -4.11. The van der Waals surface area contributed by atoms with Gasteiger partial charge in [-0.3, -0.25) is 9.59 Å². The van der Waals surface area contributed by atoms with Crippen LogP contribution in [0.15, 0.2) is 108 Å². The molecule has 2 atom stereocenters. The molecule has 0 aromatic heterocycles. The molecule has 43 heavy (non-hydrogen) atoms. The first-order valence-electron chi connectivity index (χ1n) is 14.0. The molecule has 4 aromatic rings. The van der Waals surface area contributed by atoms with Crippen LogP contribution in [-0.4, -0.2) is 39.1 Å². The summed E-state index contributed by atoms with van der Waals surface area (Å²) in [5, 5.41) is 0. The van der Waals surface area contributed by atoms with Gasteiger partial charge in [0.25, 0.3) is 0 Å². The number of benzene rings is 4. The smallest absolute Gasteiger partial charge is 0.339 e. The largest absolute Gasteiger partial charge is 0.464 e. The molecule has 1 aliphatic carbocycles. The Labute approximate surface area is 251 Å². The summed E-state index contributed by atoms with van der Waals surface area (Å²) in [6.45, 7) is 3.52. The Hall–Kier alpha value is -4.47. The van der Waals surface area contributed by atoms with Gasteiger partial charge in [0.15, 0.2) is 0 Å². The molecular weight excluding hydrogens is 566 g/mol. The van der Waals surface area contributed by atoms with Crippen molar-refractivity contribution in [2.45, 2.75) is 49.1 Å². The van der Waals surface area contributed by atoms with Gasteiger partial charge in [-0.2, -0.15) is 8.42 Å². The summed E-state index contributed by atoms with van der Waals surface area (Å²) in [7, 11) is -4.11. The summed E-state index contributed by atoms with van der Waals surface area (Å²) in [5.41, 5.74) is 11.2. The highest BCUT2D eigenvalue weighted by Crippen LogP contribution is 2.44. The number of hydrogen-bond donors (Lipinski definition) is 1. The first-order chi connectivity index (χ1) is 20.6. The monoisotopic (exact) mass is 599 g/mol. The van der Waals surface area contributed by atoms with Gasteiger partial charge < -0.3 is 19.4 Å². The maximum Gasteiger partial charge on any atom is 0.339 e. The van der Waals surface area contributed by atoms with Crippen molar-refractivity contribution >= 4 is 22.1 Å².